The lowest BCUT2D eigenvalue weighted by molar-refractivity contribution is 1.14. The molecule has 6 aromatic carbocycles. The van der Waals surface area contributed by atoms with Gasteiger partial charge in [-0.1, -0.05) is 147 Å². The summed E-state index contributed by atoms with van der Waals surface area (Å²) in [6, 6.07) is 49.6. The van der Waals surface area contributed by atoms with E-state index in [1.807, 2.05) is 0 Å². The fourth-order valence-electron chi connectivity index (χ4n) is 6.40. The van der Waals surface area contributed by atoms with E-state index in [1.165, 1.54) is 77.9 Å². The number of aryl methyl sites for hydroxylation is 2. The lowest BCUT2D eigenvalue weighted by Gasteiger charge is -2.11. The van der Waals surface area contributed by atoms with Crippen molar-refractivity contribution in [2.24, 2.45) is 0 Å². The van der Waals surface area contributed by atoms with Crippen LogP contribution in [0.4, 0.5) is 0 Å². The van der Waals surface area contributed by atoms with Crippen molar-refractivity contribution >= 4 is 0 Å². The molecule has 0 atom stereocenters. The van der Waals surface area contributed by atoms with E-state index in [4.69, 9.17) is 0 Å². The summed E-state index contributed by atoms with van der Waals surface area (Å²) < 4.78 is 0. The first-order chi connectivity index (χ1) is 20.2. The van der Waals surface area contributed by atoms with Crippen LogP contribution in [-0.4, -0.2) is 0 Å². The van der Waals surface area contributed by atoms with E-state index >= 15 is 0 Å². The van der Waals surface area contributed by atoms with Crippen molar-refractivity contribution < 1.29 is 0 Å². The molecule has 0 radical (unpaired) electrons. The van der Waals surface area contributed by atoms with E-state index in [0.29, 0.717) is 0 Å². The van der Waals surface area contributed by atoms with E-state index in [-0.39, 0.29) is 0 Å². The molecule has 198 valence electrons. The molecule has 0 nitrogen and oxygen atoms in total. The first-order valence-electron chi connectivity index (χ1n) is 14.9. The van der Waals surface area contributed by atoms with Crippen LogP contribution in [0.1, 0.15) is 36.1 Å². The molecule has 0 aliphatic heterocycles. The van der Waals surface area contributed by atoms with Gasteiger partial charge in [-0.2, -0.15) is 0 Å². The Balaban J connectivity index is 1.21. The van der Waals surface area contributed by atoms with Crippen LogP contribution in [0.2, 0.25) is 0 Å². The summed E-state index contributed by atoms with van der Waals surface area (Å²) in [5.74, 6) is 0. The van der Waals surface area contributed by atoms with Gasteiger partial charge in [-0.3, -0.25) is 0 Å². The second-order valence-electron chi connectivity index (χ2n) is 11.1. The lowest BCUT2D eigenvalue weighted by Crippen LogP contribution is -1.90. The van der Waals surface area contributed by atoms with Crippen LogP contribution in [0, 0.1) is 0 Å². The molecular weight excluding hydrogens is 492 g/mol. The molecule has 0 bridgehead atoms. The Labute approximate surface area is 244 Å². The van der Waals surface area contributed by atoms with Crippen LogP contribution in [0.25, 0.3) is 55.6 Å². The molecule has 0 saturated carbocycles. The van der Waals surface area contributed by atoms with E-state index in [1.54, 1.807) is 0 Å². The van der Waals surface area contributed by atoms with Crippen molar-refractivity contribution in [2.75, 3.05) is 0 Å². The van der Waals surface area contributed by atoms with Crippen LogP contribution in [0.3, 0.4) is 0 Å². The van der Waals surface area contributed by atoms with Crippen molar-refractivity contribution in [1.82, 2.24) is 0 Å². The SMILES string of the molecule is CCc1cccc(-c2ccc(-c3cccc4c3Cc3c(-c5ccc(-c6cccc(CC)c6)cc5)cccc3-4)cc2)c1. The minimum Gasteiger partial charge on any atom is -0.0614 e. The molecule has 0 N–H and O–H groups in total. The van der Waals surface area contributed by atoms with Gasteiger partial charge < -0.3 is 0 Å². The summed E-state index contributed by atoms with van der Waals surface area (Å²) in [6.45, 7) is 4.42. The molecule has 6 aromatic rings. The molecular formula is C41H34. The highest BCUT2D eigenvalue weighted by atomic mass is 14.3. The van der Waals surface area contributed by atoms with Gasteiger partial charge in [0.25, 0.3) is 0 Å². The van der Waals surface area contributed by atoms with E-state index in [0.717, 1.165) is 19.3 Å². The Morgan fingerprint density at radius 2 is 0.732 bits per heavy atom. The molecule has 7 rings (SSSR count). The quantitative estimate of drug-likeness (QED) is 0.202. The van der Waals surface area contributed by atoms with Gasteiger partial charge in [0.2, 0.25) is 0 Å². The zero-order chi connectivity index (χ0) is 27.8. The molecule has 41 heavy (non-hydrogen) atoms. The van der Waals surface area contributed by atoms with Crippen LogP contribution >= 0.6 is 0 Å². The van der Waals surface area contributed by atoms with Gasteiger partial charge in [0.05, 0.1) is 0 Å². The largest absolute Gasteiger partial charge is 0.0614 e. The van der Waals surface area contributed by atoms with Gasteiger partial charge >= 0.3 is 0 Å². The van der Waals surface area contributed by atoms with Crippen molar-refractivity contribution in [3.05, 3.63) is 156 Å². The third-order valence-corrected chi connectivity index (χ3v) is 8.72. The van der Waals surface area contributed by atoms with Gasteiger partial charge in [-0.25, -0.2) is 0 Å². The monoisotopic (exact) mass is 526 g/mol. The summed E-state index contributed by atoms with van der Waals surface area (Å²) in [7, 11) is 0. The summed E-state index contributed by atoms with van der Waals surface area (Å²) in [6.07, 6.45) is 3.07. The van der Waals surface area contributed by atoms with Crippen LogP contribution < -0.4 is 0 Å². The van der Waals surface area contributed by atoms with Crippen LogP contribution in [0.15, 0.2) is 133 Å². The molecule has 0 heterocycles. The highest BCUT2D eigenvalue weighted by Crippen LogP contribution is 2.45. The predicted molar refractivity (Wildman–Crippen MR) is 175 cm³/mol. The number of benzene rings is 6. The highest BCUT2D eigenvalue weighted by molar-refractivity contribution is 5.90. The van der Waals surface area contributed by atoms with Gasteiger partial charge in [0.1, 0.15) is 0 Å². The van der Waals surface area contributed by atoms with Crippen molar-refractivity contribution in [2.45, 2.75) is 33.1 Å². The van der Waals surface area contributed by atoms with Gasteiger partial charge in [0, 0.05) is 0 Å². The second kappa shape index (κ2) is 10.7. The van der Waals surface area contributed by atoms with Crippen molar-refractivity contribution in [3.8, 4) is 55.6 Å². The van der Waals surface area contributed by atoms with Gasteiger partial charge in [-0.05, 0) is 97.2 Å². The molecule has 0 fully saturated rings. The Hall–Kier alpha value is -4.68. The zero-order valence-electron chi connectivity index (χ0n) is 23.8. The predicted octanol–water partition coefficient (Wildman–Crippen LogP) is 11.1. The maximum atomic E-state index is 2.31. The third-order valence-electron chi connectivity index (χ3n) is 8.72. The van der Waals surface area contributed by atoms with E-state index < -0.39 is 0 Å². The van der Waals surface area contributed by atoms with Crippen LogP contribution in [-0.2, 0) is 19.3 Å². The topological polar surface area (TPSA) is 0 Å². The first kappa shape index (κ1) is 25.3. The highest BCUT2D eigenvalue weighted by Gasteiger charge is 2.24. The number of fused-ring (bicyclic) bond motifs is 3. The first-order valence-corrected chi connectivity index (χ1v) is 14.9. The summed E-state index contributed by atoms with van der Waals surface area (Å²) in [5.41, 5.74) is 18.7. The Kier molecular flexibility index (Phi) is 6.61. The number of rotatable bonds is 6. The maximum Gasteiger partial charge on any atom is -0.000112 e. The maximum absolute atomic E-state index is 2.31. The average molecular weight is 527 g/mol. The molecule has 0 spiro atoms. The standard InChI is InChI=1S/C41H34/c1-3-28-9-5-11-34(25-28)30-17-21-32(22-18-30)36-13-7-15-38-39-16-8-14-37(41(39)27-40(36)38)33-23-19-31(20-24-33)35-12-6-10-29(4-2)26-35/h5-26H,3-4,27H2,1-2H3. The van der Waals surface area contributed by atoms with Gasteiger partial charge in [0.15, 0.2) is 0 Å². The Morgan fingerprint density at radius 1 is 0.366 bits per heavy atom. The normalized spacial score (nSPS) is 11.8. The number of hydrogen-bond acceptors (Lipinski definition) is 0. The van der Waals surface area contributed by atoms with Crippen molar-refractivity contribution in [3.63, 3.8) is 0 Å². The molecule has 0 unspecified atom stereocenters. The summed E-state index contributed by atoms with van der Waals surface area (Å²) >= 11 is 0. The number of hydrogen-bond donors (Lipinski definition) is 0. The molecule has 0 saturated heterocycles. The minimum atomic E-state index is 0.956. The zero-order valence-corrected chi connectivity index (χ0v) is 23.8. The average Bonchev–Trinajstić information content (AvgIpc) is 3.44. The molecule has 0 heteroatoms. The Bertz CT molecular complexity index is 1710. The lowest BCUT2D eigenvalue weighted by atomic mass is 9.93. The Morgan fingerprint density at radius 3 is 1.15 bits per heavy atom. The smallest absolute Gasteiger partial charge is 0.000112 e. The second-order valence-corrected chi connectivity index (χ2v) is 11.1. The molecule has 0 amide bonds. The van der Waals surface area contributed by atoms with E-state index in [9.17, 15) is 0 Å². The van der Waals surface area contributed by atoms with Crippen molar-refractivity contribution in [1.29, 1.82) is 0 Å². The summed E-state index contributed by atoms with van der Waals surface area (Å²) in [5, 5.41) is 0. The molecule has 1 aliphatic rings. The molecule has 1 aliphatic carbocycles. The third kappa shape index (κ3) is 4.70. The van der Waals surface area contributed by atoms with E-state index in [2.05, 4.69) is 147 Å². The van der Waals surface area contributed by atoms with Crippen LogP contribution in [0.5, 0.6) is 0 Å². The fraction of sp³-hybridized carbons (Fsp3) is 0.122. The summed E-state index contributed by atoms with van der Waals surface area (Å²) in [4.78, 5) is 0. The molecule has 0 aromatic heterocycles. The minimum absolute atomic E-state index is 0.956. The fourth-order valence-corrected chi connectivity index (χ4v) is 6.40. The van der Waals surface area contributed by atoms with Gasteiger partial charge in [-0.15, -0.1) is 0 Å².